The van der Waals surface area contributed by atoms with Gasteiger partial charge in [-0.15, -0.1) is 0 Å². The topological polar surface area (TPSA) is 12.0 Å². The van der Waals surface area contributed by atoms with Crippen LogP contribution in [0.15, 0.2) is 24.3 Å². The van der Waals surface area contributed by atoms with Crippen molar-refractivity contribution in [1.29, 1.82) is 0 Å². The van der Waals surface area contributed by atoms with Crippen molar-refractivity contribution in [2.75, 3.05) is 13.1 Å². The highest BCUT2D eigenvalue weighted by Crippen LogP contribution is 2.34. The number of benzene rings is 1. The van der Waals surface area contributed by atoms with Crippen molar-refractivity contribution in [3.63, 3.8) is 0 Å². The summed E-state index contributed by atoms with van der Waals surface area (Å²) in [5.74, 6) is 0.689. The second kappa shape index (κ2) is 3.97. The third kappa shape index (κ3) is 2.60. The average Bonchev–Trinajstić information content (AvgIpc) is 2.16. The number of piperidine rings is 1. The van der Waals surface area contributed by atoms with E-state index in [9.17, 15) is 0 Å². The molecule has 1 unspecified atom stereocenters. The summed E-state index contributed by atoms with van der Waals surface area (Å²) in [6.45, 7) is 9.15. The Kier molecular flexibility index (Phi) is 2.83. The van der Waals surface area contributed by atoms with Gasteiger partial charge in [0.05, 0.1) is 0 Å². The highest BCUT2D eigenvalue weighted by atomic mass is 14.9. The molecule has 1 heterocycles. The molecule has 1 atom stereocenters. The zero-order valence-electron chi connectivity index (χ0n) is 10.0. The number of nitrogens with one attached hydrogen (secondary N) is 1. The molecule has 82 valence electrons. The first-order valence-corrected chi connectivity index (χ1v) is 5.84. The molecule has 1 saturated heterocycles. The van der Waals surface area contributed by atoms with Gasteiger partial charge in [-0.2, -0.15) is 0 Å². The quantitative estimate of drug-likeness (QED) is 0.739. The lowest BCUT2D eigenvalue weighted by Crippen LogP contribution is -2.40. The van der Waals surface area contributed by atoms with E-state index in [4.69, 9.17) is 0 Å². The number of rotatable bonds is 1. The van der Waals surface area contributed by atoms with Crippen LogP contribution in [-0.2, 0) is 0 Å². The second-order valence-electron chi connectivity index (χ2n) is 5.61. The molecule has 0 amide bonds. The van der Waals surface area contributed by atoms with E-state index in [1.165, 1.54) is 17.5 Å². The molecule has 0 saturated carbocycles. The molecule has 15 heavy (non-hydrogen) atoms. The van der Waals surface area contributed by atoms with Crippen molar-refractivity contribution >= 4 is 0 Å². The van der Waals surface area contributed by atoms with Crippen molar-refractivity contribution < 1.29 is 0 Å². The van der Waals surface area contributed by atoms with Gasteiger partial charge in [-0.1, -0.05) is 43.7 Å². The predicted molar refractivity (Wildman–Crippen MR) is 65.2 cm³/mol. The van der Waals surface area contributed by atoms with E-state index in [1.807, 2.05) is 0 Å². The molecule has 0 spiro atoms. The summed E-state index contributed by atoms with van der Waals surface area (Å²) in [4.78, 5) is 0. The van der Waals surface area contributed by atoms with Gasteiger partial charge >= 0.3 is 0 Å². The lowest BCUT2D eigenvalue weighted by molar-refractivity contribution is 0.240. The molecule has 0 aromatic heterocycles. The van der Waals surface area contributed by atoms with Crippen molar-refractivity contribution in [2.24, 2.45) is 5.41 Å². The van der Waals surface area contributed by atoms with Crippen LogP contribution in [0, 0.1) is 12.3 Å². The van der Waals surface area contributed by atoms with Crippen molar-refractivity contribution in [1.82, 2.24) is 5.32 Å². The molecule has 2 rings (SSSR count). The van der Waals surface area contributed by atoms with Gasteiger partial charge in [0.2, 0.25) is 0 Å². The molecule has 1 nitrogen and oxygen atoms in total. The predicted octanol–water partition coefficient (Wildman–Crippen LogP) is 3.10. The van der Waals surface area contributed by atoms with Crippen LogP contribution in [0.5, 0.6) is 0 Å². The molecule has 1 heteroatoms. The van der Waals surface area contributed by atoms with Crippen molar-refractivity contribution in [3.8, 4) is 0 Å². The number of hydrogen-bond acceptors (Lipinski definition) is 1. The molecule has 1 aliphatic heterocycles. The van der Waals surface area contributed by atoms with Gasteiger partial charge in [-0.05, 0) is 30.2 Å². The summed E-state index contributed by atoms with van der Waals surface area (Å²) in [5.41, 5.74) is 3.30. The van der Waals surface area contributed by atoms with E-state index in [-0.39, 0.29) is 0 Å². The van der Waals surface area contributed by atoms with Gasteiger partial charge in [-0.3, -0.25) is 0 Å². The standard InChI is InChI=1S/C14H21N/c1-11-5-4-6-12(7-11)13-8-14(2,3)10-15-9-13/h4-7,13,15H,8-10H2,1-3H3. The SMILES string of the molecule is Cc1cccc(C2CNCC(C)(C)C2)c1. The summed E-state index contributed by atoms with van der Waals surface area (Å²) < 4.78 is 0. The third-order valence-corrected chi connectivity index (χ3v) is 3.31. The highest BCUT2D eigenvalue weighted by Gasteiger charge is 2.28. The van der Waals surface area contributed by atoms with Crippen molar-refractivity contribution in [3.05, 3.63) is 35.4 Å². The second-order valence-corrected chi connectivity index (χ2v) is 5.61. The summed E-state index contributed by atoms with van der Waals surface area (Å²) >= 11 is 0. The average molecular weight is 203 g/mol. The van der Waals surface area contributed by atoms with Gasteiger partial charge in [0, 0.05) is 13.1 Å². The Morgan fingerprint density at radius 2 is 2.13 bits per heavy atom. The Hall–Kier alpha value is -0.820. The van der Waals surface area contributed by atoms with Gasteiger partial charge in [0.25, 0.3) is 0 Å². The molecule has 0 aliphatic carbocycles. The normalized spacial score (nSPS) is 25.1. The minimum Gasteiger partial charge on any atom is -0.316 e. The Morgan fingerprint density at radius 1 is 1.33 bits per heavy atom. The maximum absolute atomic E-state index is 3.54. The first kappa shape index (κ1) is 10.7. The van der Waals surface area contributed by atoms with Gasteiger partial charge in [0.15, 0.2) is 0 Å². The lowest BCUT2D eigenvalue weighted by atomic mass is 9.77. The Labute approximate surface area is 92.9 Å². The molecule has 0 bridgehead atoms. The number of hydrogen-bond donors (Lipinski definition) is 1. The summed E-state index contributed by atoms with van der Waals surface area (Å²) in [6.07, 6.45) is 1.30. The van der Waals surface area contributed by atoms with Crippen LogP contribution < -0.4 is 5.32 Å². The number of aryl methyl sites for hydroxylation is 1. The van der Waals surface area contributed by atoms with E-state index in [0.717, 1.165) is 13.1 Å². The monoisotopic (exact) mass is 203 g/mol. The summed E-state index contributed by atoms with van der Waals surface area (Å²) in [6, 6.07) is 8.94. The van der Waals surface area contributed by atoms with Crippen LogP contribution in [0.1, 0.15) is 37.3 Å². The minimum absolute atomic E-state index is 0.437. The Bertz CT molecular complexity index is 341. The molecule has 1 fully saturated rings. The summed E-state index contributed by atoms with van der Waals surface area (Å²) in [7, 11) is 0. The maximum Gasteiger partial charge on any atom is 0.00205 e. The Morgan fingerprint density at radius 3 is 2.80 bits per heavy atom. The molecule has 0 radical (unpaired) electrons. The molecule has 1 aromatic carbocycles. The first-order valence-electron chi connectivity index (χ1n) is 5.84. The smallest absolute Gasteiger partial charge is 0.00205 e. The van der Waals surface area contributed by atoms with E-state index in [0.29, 0.717) is 11.3 Å². The first-order chi connectivity index (χ1) is 7.07. The third-order valence-electron chi connectivity index (χ3n) is 3.31. The highest BCUT2D eigenvalue weighted by molar-refractivity contribution is 5.26. The van der Waals surface area contributed by atoms with E-state index in [2.05, 4.69) is 50.4 Å². The van der Waals surface area contributed by atoms with Crippen LogP contribution in [0.25, 0.3) is 0 Å². The van der Waals surface area contributed by atoms with Crippen molar-refractivity contribution in [2.45, 2.75) is 33.1 Å². The molecule has 1 aliphatic rings. The molecule has 1 aromatic rings. The molecular formula is C14H21N. The fraction of sp³-hybridized carbons (Fsp3) is 0.571. The van der Waals surface area contributed by atoms with Crippen LogP contribution in [-0.4, -0.2) is 13.1 Å². The maximum atomic E-state index is 3.54. The van der Waals surface area contributed by atoms with E-state index < -0.39 is 0 Å². The van der Waals surface area contributed by atoms with Crippen LogP contribution in [0.4, 0.5) is 0 Å². The zero-order valence-corrected chi connectivity index (χ0v) is 10.0. The van der Waals surface area contributed by atoms with Crippen LogP contribution >= 0.6 is 0 Å². The molecule has 1 N–H and O–H groups in total. The van der Waals surface area contributed by atoms with E-state index >= 15 is 0 Å². The summed E-state index contributed by atoms with van der Waals surface area (Å²) in [5, 5.41) is 3.54. The minimum atomic E-state index is 0.437. The Balaban J connectivity index is 2.17. The van der Waals surface area contributed by atoms with Gasteiger partial charge < -0.3 is 5.32 Å². The van der Waals surface area contributed by atoms with E-state index in [1.54, 1.807) is 0 Å². The fourth-order valence-electron chi connectivity index (χ4n) is 2.56. The van der Waals surface area contributed by atoms with Crippen LogP contribution in [0.3, 0.4) is 0 Å². The van der Waals surface area contributed by atoms with Gasteiger partial charge in [-0.25, -0.2) is 0 Å². The van der Waals surface area contributed by atoms with Crippen LogP contribution in [0.2, 0.25) is 0 Å². The largest absolute Gasteiger partial charge is 0.316 e. The fourth-order valence-corrected chi connectivity index (χ4v) is 2.56. The zero-order chi connectivity index (χ0) is 10.9. The molecular weight excluding hydrogens is 182 g/mol. The van der Waals surface area contributed by atoms with Gasteiger partial charge in [0.1, 0.15) is 0 Å². The lowest BCUT2D eigenvalue weighted by Gasteiger charge is -2.36.